The van der Waals surface area contributed by atoms with Crippen LogP contribution in [-0.4, -0.2) is 34.3 Å². The van der Waals surface area contributed by atoms with Gasteiger partial charge in [0.05, 0.1) is 0 Å². The first-order valence-electron chi connectivity index (χ1n) is 3.58. The lowest BCUT2D eigenvalue weighted by atomic mass is 10.1. The Bertz CT molecular complexity index is 171. The van der Waals surface area contributed by atoms with Gasteiger partial charge in [-0.05, 0) is 6.26 Å². The summed E-state index contributed by atoms with van der Waals surface area (Å²) in [6.07, 6.45) is 3.31. The predicted octanol–water partition coefficient (Wildman–Crippen LogP) is 1.30. The zero-order valence-electron chi connectivity index (χ0n) is 6.50. The molecule has 1 heterocycles. The molecule has 0 bridgehead atoms. The van der Waals surface area contributed by atoms with Crippen molar-refractivity contribution in [1.29, 1.82) is 0 Å². The largest absolute Gasteiger partial charge is 0.357 e. The number of carbonyl (C=O) groups is 1. The monoisotopic (exact) mass is 189 g/mol. The molecule has 0 saturated carbocycles. The number of carbonyl (C=O) groups excluding carboxylic acids is 1. The molecule has 0 spiro atoms. The highest BCUT2D eigenvalue weighted by Crippen LogP contribution is 2.11. The van der Waals surface area contributed by atoms with Crippen LogP contribution in [-0.2, 0) is 4.79 Å². The Labute approximate surface area is 76.3 Å². The third kappa shape index (κ3) is 2.45. The maximum absolute atomic E-state index is 10.8. The maximum Gasteiger partial charge on any atom is 0.136 e. The Balaban J connectivity index is 2.39. The molecule has 11 heavy (non-hydrogen) atoms. The predicted molar refractivity (Wildman–Crippen MR) is 51.9 cm³/mol. The summed E-state index contributed by atoms with van der Waals surface area (Å²) in [7, 11) is 0. The molecule has 1 aliphatic rings. The summed E-state index contributed by atoms with van der Waals surface area (Å²) in [5.41, 5.74) is 0. The maximum atomic E-state index is 10.8. The minimum Gasteiger partial charge on any atom is -0.357 e. The summed E-state index contributed by atoms with van der Waals surface area (Å²) in [4.78, 5) is 12.9. The fourth-order valence-corrected chi connectivity index (χ4v) is 1.69. The number of thiocarbonyl (C=S) groups is 1. The van der Waals surface area contributed by atoms with E-state index in [1.54, 1.807) is 11.8 Å². The van der Waals surface area contributed by atoms with Gasteiger partial charge in [0.1, 0.15) is 10.1 Å². The Morgan fingerprint density at radius 1 is 1.55 bits per heavy atom. The molecule has 0 aliphatic carbocycles. The van der Waals surface area contributed by atoms with Gasteiger partial charge in [0.2, 0.25) is 0 Å². The lowest BCUT2D eigenvalue weighted by Crippen LogP contribution is -2.36. The van der Waals surface area contributed by atoms with Crippen LogP contribution in [0.3, 0.4) is 0 Å². The van der Waals surface area contributed by atoms with Crippen molar-refractivity contribution < 1.29 is 4.79 Å². The number of rotatable bonds is 0. The molecular weight excluding hydrogens is 178 g/mol. The Morgan fingerprint density at radius 3 is 2.55 bits per heavy atom. The average molecular weight is 189 g/mol. The van der Waals surface area contributed by atoms with Crippen LogP contribution in [0.1, 0.15) is 12.8 Å². The Hall–Kier alpha value is -0.0900. The van der Waals surface area contributed by atoms with Gasteiger partial charge in [-0.25, -0.2) is 0 Å². The number of hydrogen-bond donors (Lipinski definition) is 0. The van der Waals surface area contributed by atoms with Gasteiger partial charge in [-0.2, -0.15) is 0 Å². The van der Waals surface area contributed by atoms with Gasteiger partial charge in [-0.3, -0.25) is 4.79 Å². The van der Waals surface area contributed by atoms with Crippen molar-refractivity contribution in [2.24, 2.45) is 0 Å². The first-order valence-corrected chi connectivity index (χ1v) is 5.22. The summed E-state index contributed by atoms with van der Waals surface area (Å²) >= 11 is 6.67. The van der Waals surface area contributed by atoms with Crippen LogP contribution in [0.4, 0.5) is 0 Å². The summed E-state index contributed by atoms with van der Waals surface area (Å²) in [5.74, 6) is 0.366. The van der Waals surface area contributed by atoms with Gasteiger partial charge in [0.25, 0.3) is 0 Å². The van der Waals surface area contributed by atoms with E-state index in [4.69, 9.17) is 12.2 Å². The number of thioether (sulfide) groups is 1. The van der Waals surface area contributed by atoms with Gasteiger partial charge >= 0.3 is 0 Å². The first-order chi connectivity index (χ1) is 5.24. The van der Waals surface area contributed by atoms with E-state index >= 15 is 0 Å². The molecule has 4 heteroatoms. The van der Waals surface area contributed by atoms with Gasteiger partial charge < -0.3 is 4.90 Å². The number of Topliss-reactive ketones (excluding diaryl/α,β-unsaturated/α-hetero) is 1. The molecule has 0 aromatic carbocycles. The quantitative estimate of drug-likeness (QED) is 0.535. The molecule has 0 atom stereocenters. The zero-order chi connectivity index (χ0) is 8.27. The summed E-state index contributed by atoms with van der Waals surface area (Å²) in [6.45, 7) is 1.64. The number of piperidine rings is 1. The molecule has 0 N–H and O–H groups in total. The van der Waals surface area contributed by atoms with Crippen LogP contribution in [0.5, 0.6) is 0 Å². The van der Waals surface area contributed by atoms with Gasteiger partial charge in [-0.15, -0.1) is 11.8 Å². The topological polar surface area (TPSA) is 20.3 Å². The molecule has 1 saturated heterocycles. The highest BCUT2D eigenvalue weighted by Gasteiger charge is 2.17. The lowest BCUT2D eigenvalue weighted by molar-refractivity contribution is -0.120. The molecule has 0 unspecified atom stereocenters. The van der Waals surface area contributed by atoms with E-state index in [1.807, 2.05) is 6.26 Å². The van der Waals surface area contributed by atoms with Crippen LogP contribution < -0.4 is 0 Å². The summed E-state index contributed by atoms with van der Waals surface area (Å²) in [5, 5.41) is 0. The second kappa shape index (κ2) is 4.07. The molecule has 0 aromatic heterocycles. The zero-order valence-corrected chi connectivity index (χ0v) is 8.13. The van der Waals surface area contributed by atoms with Gasteiger partial charge in [-0.1, -0.05) is 12.2 Å². The van der Waals surface area contributed by atoms with E-state index in [1.165, 1.54) is 0 Å². The third-order valence-corrected chi connectivity index (χ3v) is 3.12. The summed E-state index contributed by atoms with van der Waals surface area (Å²) < 4.78 is 0.914. The van der Waals surface area contributed by atoms with Crippen molar-refractivity contribution in [3.8, 4) is 0 Å². The van der Waals surface area contributed by atoms with Gasteiger partial charge in [0.15, 0.2) is 0 Å². The van der Waals surface area contributed by atoms with E-state index in [-0.39, 0.29) is 0 Å². The van der Waals surface area contributed by atoms with Crippen molar-refractivity contribution in [3.63, 3.8) is 0 Å². The molecule has 1 fully saturated rings. The standard InChI is InChI=1S/C7H11NOS2/c1-11-7(10)8-4-2-6(9)3-5-8/h2-5H2,1H3. The minimum atomic E-state index is 0.366. The second-order valence-corrected chi connectivity index (χ2v) is 3.94. The highest BCUT2D eigenvalue weighted by atomic mass is 32.2. The van der Waals surface area contributed by atoms with Crippen molar-refractivity contribution >= 4 is 34.1 Å². The molecule has 0 aromatic rings. The fourth-order valence-electron chi connectivity index (χ4n) is 1.07. The molecule has 0 amide bonds. The molecule has 1 aliphatic heterocycles. The first kappa shape index (κ1) is 9.00. The van der Waals surface area contributed by atoms with Crippen LogP contribution in [0.25, 0.3) is 0 Å². The van der Waals surface area contributed by atoms with Crippen LogP contribution in [0.2, 0.25) is 0 Å². The minimum absolute atomic E-state index is 0.366. The van der Waals surface area contributed by atoms with E-state index in [9.17, 15) is 4.79 Å². The van der Waals surface area contributed by atoms with Crippen molar-refractivity contribution in [2.45, 2.75) is 12.8 Å². The molecule has 1 rings (SSSR count). The Morgan fingerprint density at radius 2 is 2.09 bits per heavy atom. The van der Waals surface area contributed by atoms with Crippen molar-refractivity contribution in [2.75, 3.05) is 19.3 Å². The van der Waals surface area contributed by atoms with E-state index in [0.717, 1.165) is 17.4 Å². The van der Waals surface area contributed by atoms with Crippen LogP contribution >= 0.6 is 24.0 Å². The number of nitrogens with zero attached hydrogens (tertiary/aromatic N) is 1. The molecular formula is C7H11NOS2. The van der Waals surface area contributed by atoms with Crippen molar-refractivity contribution in [1.82, 2.24) is 4.90 Å². The molecule has 2 nitrogen and oxygen atoms in total. The highest BCUT2D eigenvalue weighted by molar-refractivity contribution is 8.22. The van der Waals surface area contributed by atoms with Crippen LogP contribution in [0.15, 0.2) is 0 Å². The van der Waals surface area contributed by atoms with Crippen molar-refractivity contribution in [3.05, 3.63) is 0 Å². The summed E-state index contributed by atoms with van der Waals surface area (Å²) in [6, 6.07) is 0. The average Bonchev–Trinajstić information content (AvgIpc) is 2.05. The third-order valence-electron chi connectivity index (χ3n) is 1.75. The van der Waals surface area contributed by atoms with E-state index in [2.05, 4.69) is 4.90 Å². The fraction of sp³-hybridized carbons (Fsp3) is 0.714. The number of ketones is 1. The SMILES string of the molecule is CSC(=S)N1CCC(=O)CC1. The van der Waals surface area contributed by atoms with E-state index in [0.29, 0.717) is 18.6 Å². The number of hydrogen-bond acceptors (Lipinski definition) is 3. The molecule has 62 valence electrons. The molecule has 0 radical (unpaired) electrons. The smallest absolute Gasteiger partial charge is 0.136 e. The number of likely N-dealkylation sites (tertiary alicyclic amines) is 1. The lowest BCUT2D eigenvalue weighted by Gasteiger charge is -2.27. The van der Waals surface area contributed by atoms with E-state index < -0.39 is 0 Å². The second-order valence-electron chi connectivity index (χ2n) is 2.50. The normalized spacial score (nSPS) is 18.6. The Kier molecular flexibility index (Phi) is 3.33. The van der Waals surface area contributed by atoms with Gasteiger partial charge in [0, 0.05) is 25.9 Å². The van der Waals surface area contributed by atoms with Crippen LogP contribution in [0, 0.1) is 0 Å².